The van der Waals surface area contributed by atoms with Crippen molar-refractivity contribution in [3.63, 3.8) is 0 Å². The average Bonchev–Trinajstić information content (AvgIpc) is 2.59. The quantitative estimate of drug-likeness (QED) is 0.542. The van der Waals surface area contributed by atoms with Gasteiger partial charge in [0.25, 0.3) is 8.53 Å². The van der Waals surface area contributed by atoms with Gasteiger partial charge in [-0.05, 0) is 12.8 Å². The van der Waals surface area contributed by atoms with Gasteiger partial charge in [-0.2, -0.15) is 0 Å². The summed E-state index contributed by atoms with van der Waals surface area (Å²) in [6, 6.07) is 0. The van der Waals surface area contributed by atoms with Crippen molar-refractivity contribution in [1.29, 1.82) is 0 Å². The van der Waals surface area contributed by atoms with Gasteiger partial charge in [0.15, 0.2) is 0 Å². The molecule has 2 heterocycles. The highest BCUT2D eigenvalue weighted by Gasteiger charge is 2.27. The molecule has 0 spiro atoms. The molecular weight excluding hydrogens is 149 g/mol. The maximum atomic E-state index is 5.41. The van der Waals surface area contributed by atoms with Crippen LogP contribution in [0.1, 0.15) is 12.8 Å². The molecule has 10 heavy (non-hydrogen) atoms. The smallest absolute Gasteiger partial charge is 0.258 e. The van der Waals surface area contributed by atoms with Crippen LogP contribution in [0, 0.1) is 0 Å². The van der Waals surface area contributed by atoms with Crippen molar-refractivity contribution in [2.75, 3.05) is 26.3 Å². The van der Waals surface area contributed by atoms with Crippen molar-refractivity contribution in [2.24, 2.45) is 0 Å². The standard InChI is InChI=1S/C6H12NO2P/c1-2-4-7(3-1)10-8-5-6-9-10/h1-6H2. The Kier molecular flexibility index (Phi) is 2.19. The van der Waals surface area contributed by atoms with E-state index in [9.17, 15) is 0 Å². The molecule has 0 amide bonds. The van der Waals surface area contributed by atoms with Gasteiger partial charge in [-0.3, -0.25) is 0 Å². The van der Waals surface area contributed by atoms with E-state index in [2.05, 4.69) is 4.67 Å². The molecule has 0 aliphatic carbocycles. The van der Waals surface area contributed by atoms with Crippen LogP contribution in [0.3, 0.4) is 0 Å². The van der Waals surface area contributed by atoms with Gasteiger partial charge in [0.05, 0.1) is 13.2 Å². The maximum absolute atomic E-state index is 5.41. The summed E-state index contributed by atoms with van der Waals surface area (Å²) in [6.45, 7) is 3.93. The lowest BCUT2D eigenvalue weighted by Crippen LogP contribution is -2.12. The van der Waals surface area contributed by atoms with Gasteiger partial charge in [-0.1, -0.05) is 0 Å². The van der Waals surface area contributed by atoms with E-state index >= 15 is 0 Å². The zero-order chi connectivity index (χ0) is 6.81. The summed E-state index contributed by atoms with van der Waals surface area (Å²) in [5, 5.41) is 0. The minimum atomic E-state index is -0.613. The van der Waals surface area contributed by atoms with Crippen LogP contribution < -0.4 is 0 Å². The average molecular weight is 161 g/mol. The summed E-state index contributed by atoms with van der Waals surface area (Å²) in [4.78, 5) is 0. The summed E-state index contributed by atoms with van der Waals surface area (Å²) >= 11 is 0. The Morgan fingerprint density at radius 1 is 1.00 bits per heavy atom. The number of hydrogen-bond acceptors (Lipinski definition) is 3. The second kappa shape index (κ2) is 3.14. The molecule has 0 unspecified atom stereocenters. The van der Waals surface area contributed by atoms with Gasteiger partial charge in [-0.15, -0.1) is 0 Å². The van der Waals surface area contributed by atoms with E-state index in [0.29, 0.717) is 0 Å². The lowest BCUT2D eigenvalue weighted by atomic mass is 10.4. The Hall–Kier alpha value is 0.310. The number of hydrogen-bond donors (Lipinski definition) is 0. The largest absolute Gasteiger partial charge is 0.320 e. The first kappa shape index (κ1) is 6.99. The maximum Gasteiger partial charge on any atom is 0.258 e. The van der Waals surface area contributed by atoms with Crippen molar-refractivity contribution in [3.8, 4) is 0 Å². The fraction of sp³-hybridized carbons (Fsp3) is 1.00. The van der Waals surface area contributed by atoms with E-state index in [0.717, 1.165) is 13.2 Å². The Bertz CT molecular complexity index is 96.3. The summed E-state index contributed by atoms with van der Waals surface area (Å²) in [5.74, 6) is 0. The van der Waals surface area contributed by atoms with Crippen LogP contribution in [0.2, 0.25) is 0 Å². The summed E-state index contributed by atoms with van der Waals surface area (Å²) in [6.07, 6.45) is 2.62. The zero-order valence-electron chi connectivity index (χ0n) is 5.95. The van der Waals surface area contributed by atoms with E-state index in [-0.39, 0.29) is 0 Å². The van der Waals surface area contributed by atoms with Gasteiger partial charge in [0.1, 0.15) is 0 Å². The molecule has 0 aromatic rings. The third-order valence-corrected chi connectivity index (χ3v) is 3.47. The normalized spacial score (nSPS) is 30.0. The number of nitrogens with zero attached hydrogens (tertiary/aromatic N) is 1. The molecule has 0 aromatic heterocycles. The van der Waals surface area contributed by atoms with Crippen LogP contribution in [-0.4, -0.2) is 31.0 Å². The molecule has 0 atom stereocenters. The Labute approximate surface area is 62.3 Å². The lowest BCUT2D eigenvalue weighted by molar-refractivity contribution is 0.359. The van der Waals surface area contributed by atoms with Crippen LogP contribution in [0.25, 0.3) is 0 Å². The highest BCUT2D eigenvalue weighted by atomic mass is 31.2. The second-order valence-electron chi connectivity index (χ2n) is 2.57. The molecule has 0 saturated carbocycles. The molecule has 0 radical (unpaired) electrons. The Morgan fingerprint density at radius 2 is 1.60 bits per heavy atom. The van der Waals surface area contributed by atoms with E-state index in [1.165, 1.54) is 25.9 Å². The fourth-order valence-electron chi connectivity index (χ4n) is 1.30. The minimum absolute atomic E-state index is 0.613. The van der Waals surface area contributed by atoms with Gasteiger partial charge < -0.3 is 9.05 Å². The van der Waals surface area contributed by atoms with Crippen LogP contribution in [0.15, 0.2) is 0 Å². The van der Waals surface area contributed by atoms with Crippen molar-refractivity contribution in [2.45, 2.75) is 12.8 Å². The van der Waals surface area contributed by atoms with E-state index < -0.39 is 8.53 Å². The first-order chi connectivity index (χ1) is 4.97. The van der Waals surface area contributed by atoms with Crippen molar-refractivity contribution in [3.05, 3.63) is 0 Å². The SMILES string of the molecule is C1CCN(P2OCCO2)C1. The molecule has 2 aliphatic rings. The summed E-state index contributed by atoms with van der Waals surface area (Å²) < 4.78 is 13.1. The molecule has 4 heteroatoms. The van der Waals surface area contributed by atoms with Gasteiger partial charge in [0, 0.05) is 13.1 Å². The van der Waals surface area contributed by atoms with E-state index in [1.807, 2.05) is 0 Å². The monoisotopic (exact) mass is 161 g/mol. The third-order valence-electron chi connectivity index (χ3n) is 1.80. The van der Waals surface area contributed by atoms with Crippen LogP contribution in [-0.2, 0) is 9.05 Å². The summed E-state index contributed by atoms with van der Waals surface area (Å²) in [7, 11) is -0.613. The first-order valence-electron chi connectivity index (χ1n) is 3.77. The molecular formula is C6H12NO2P. The topological polar surface area (TPSA) is 21.7 Å². The molecule has 3 nitrogen and oxygen atoms in total. The van der Waals surface area contributed by atoms with Crippen LogP contribution in [0.5, 0.6) is 0 Å². The fourth-order valence-corrected chi connectivity index (χ4v) is 2.77. The van der Waals surface area contributed by atoms with Crippen LogP contribution in [0.4, 0.5) is 0 Å². The second-order valence-corrected chi connectivity index (χ2v) is 4.12. The third kappa shape index (κ3) is 1.32. The Morgan fingerprint density at radius 3 is 2.20 bits per heavy atom. The molecule has 2 rings (SSSR count). The molecule has 2 fully saturated rings. The van der Waals surface area contributed by atoms with E-state index in [1.54, 1.807) is 0 Å². The molecule has 0 N–H and O–H groups in total. The van der Waals surface area contributed by atoms with Gasteiger partial charge >= 0.3 is 0 Å². The molecule has 0 aromatic carbocycles. The van der Waals surface area contributed by atoms with Crippen LogP contribution >= 0.6 is 8.53 Å². The molecule has 2 aliphatic heterocycles. The van der Waals surface area contributed by atoms with E-state index in [4.69, 9.17) is 9.05 Å². The first-order valence-corrected chi connectivity index (χ1v) is 4.91. The number of rotatable bonds is 1. The van der Waals surface area contributed by atoms with Gasteiger partial charge in [-0.25, -0.2) is 4.67 Å². The minimum Gasteiger partial charge on any atom is -0.320 e. The molecule has 2 saturated heterocycles. The van der Waals surface area contributed by atoms with Crippen molar-refractivity contribution < 1.29 is 9.05 Å². The Balaban J connectivity index is 1.85. The molecule has 58 valence electrons. The van der Waals surface area contributed by atoms with Crippen molar-refractivity contribution in [1.82, 2.24) is 4.67 Å². The predicted molar refractivity (Wildman–Crippen MR) is 39.6 cm³/mol. The lowest BCUT2D eigenvalue weighted by Gasteiger charge is -2.18. The highest BCUT2D eigenvalue weighted by molar-refractivity contribution is 7.44. The molecule has 0 bridgehead atoms. The summed E-state index contributed by atoms with van der Waals surface area (Å²) in [5.41, 5.74) is 0. The van der Waals surface area contributed by atoms with Gasteiger partial charge in [0.2, 0.25) is 0 Å². The zero-order valence-corrected chi connectivity index (χ0v) is 6.85. The predicted octanol–water partition coefficient (Wildman–Crippen LogP) is 1.36. The van der Waals surface area contributed by atoms with Crippen molar-refractivity contribution >= 4 is 8.53 Å². The highest BCUT2D eigenvalue weighted by Crippen LogP contribution is 2.47.